The van der Waals surface area contributed by atoms with Crippen LogP contribution in [0.25, 0.3) is 0 Å². The molecule has 0 spiro atoms. The van der Waals surface area contributed by atoms with E-state index >= 15 is 0 Å². The number of carbonyl (C=O) groups is 1. The fourth-order valence-corrected chi connectivity index (χ4v) is 4.32. The molecule has 0 radical (unpaired) electrons. The van der Waals surface area contributed by atoms with E-state index in [9.17, 15) is 9.90 Å². The molecule has 2 N–H and O–H groups in total. The van der Waals surface area contributed by atoms with E-state index in [0.717, 1.165) is 45.1 Å². The van der Waals surface area contributed by atoms with Gasteiger partial charge in [-0.3, -0.25) is 15.0 Å². The van der Waals surface area contributed by atoms with Crippen LogP contribution in [0, 0.1) is 0 Å². The second kappa shape index (κ2) is 4.99. The van der Waals surface area contributed by atoms with Crippen molar-refractivity contribution in [2.75, 3.05) is 6.54 Å². The standard InChI is InChI=1S/C16H28N2O2/c1-15(2)8-4-10-18(15)13-5-3-9-16(11-13,14(19)20)17-12-6-7-12/h12-13,17H,3-11H2,1-2H3,(H,19,20). The molecule has 2 atom stereocenters. The van der Waals surface area contributed by atoms with Crippen molar-refractivity contribution in [3.63, 3.8) is 0 Å². The van der Waals surface area contributed by atoms with Gasteiger partial charge in [-0.1, -0.05) is 0 Å². The first-order valence-electron chi connectivity index (χ1n) is 8.21. The van der Waals surface area contributed by atoms with E-state index in [1.165, 1.54) is 12.8 Å². The lowest BCUT2D eigenvalue weighted by molar-refractivity contribution is -0.148. The van der Waals surface area contributed by atoms with E-state index in [1.54, 1.807) is 0 Å². The van der Waals surface area contributed by atoms with Crippen molar-refractivity contribution in [2.45, 2.75) is 88.4 Å². The molecule has 1 heterocycles. The summed E-state index contributed by atoms with van der Waals surface area (Å²) in [5, 5.41) is 13.2. The van der Waals surface area contributed by atoms with Gasteiger partial charge in [-0.05, 0) is 71.8 Å². The molecular formula is C16H28N2O2. The number of rotatable bonds is 4. The summed E-state index contributed by atoms with van der Waals surface area (Å²) in [6.07, 6.45) is 8.54. The number of hydrogen-bond acceptors (Lipinski definition) is 3. The minimum atomic E-state index is -0.664. The maximum atomic E-state index is 11.9. The summed E-state index contributed by atoms with van der Waals surface area (Å²) in [6.45, 7) is 5.76. The first-order valence-corrected chi connectivity index (χ1v) is 8.21. The van der Waals surface area contributed by atoms with Gasteiger partial charge in [0.25, 0.3) is 0 Å². The van der Waals surface area contributed by atoms with Crippen LogP contribution >= 0.6 is 0 Å². The number of carboxylic acids is 1. The lowest BCUT2D eigenvalue weighted by Gasteiger charge is -2.46. The van der Waals surface area contributed by atoms with Crippen LogP contribution in [-0.2, 0) is 4.79 Å². The minimum absolute atomic E-state index is 0.242. The molecule has 3 aliphatic rings. The highest BCUT2D eigenvalue weighted by molar-refractivity contribution is 5.79. The number of likely N-dealkylation sites (tertiary alicyclic amines) is 1. The fourth-order valence-electron chi connectivity index (χ4n) is 4.32. The van der Waals surface area contributed by atoms with Gasteiger partial charge in [0.15, 0.2) is 0 Å². The molecule has 4 nitrogen and oxygen atoms in total. The van der Waals surface area contributed by atoms with E-state index in [1.807, 2.05) is 0 Å². The lowest BCUT2D eigenvalue weighted by atomic mass is 9.77. The second-order valence-corrected chi connectivity index (χ2v) is 7.67. The molecule has 0 amide bonds. The monoisotopic (exact) mass is 280 g/mol. The Morgan fingerprint density at radius 2 is 1.95 bits per heavy atom. The molecule has 0 bridgehead atoms. The van der Waals surface area contributed by atoms with Crippen LogP contribution in [0.15, 0.2) is 0 Å². The van der Waals surface area contributed by atoms with Gasteiger partial charge < -0.3 is 5.11 Å². The SMILES string of the molecule is CC1(C)CCCN1C1CCCC(NC2CC2)(C(=O)O)C1. The van der Waals surface area contributed by atoms with Crippen LogP contribution in [0.5, 0.6) is 0 Å². The van der Waals surface area contributed by atoms with E-state index in [-0.39, 0.29) is 5.54 Å². The van der Waals surface area contributed by atoms with Gasteiger partial charge in [0.2, 0.25) is 0 Å². The zero-order valence-electron chi connectivity index (χ0n) is 12.8. The van der Waals surface area contributed by atoms with Crippen molar-refractivity contribution in [1.29, 1.82) is 0 Å². The van der Waals surface area contributed by atoms with Crippen LogP contribution in [-0.4, -0.2) is 45.7 Å². The van der Waals surface area contributed by atoms with E-state index < -0.39 is 11.5 Å². The number of nitrogens with zero attached hydrogens (tertiary/aromatic N) is 1. The molecule has 0 aromatic rings. The number of carboxylic acid groups (broad SMARTS) is 1. The van der Waals surface area contributed by atoms with Crippen LogP contribution in [0.4, 0.5) is 0 Å². The van der Waals surface area contributed by atoms with E-state index in [2.05, 4.69) is 24.1 Å². The van der Waals surface area contributed by atoms with Crippen LogP contribution in [0.2, 0.25) is 0 Å². The van der Waals surface area contributed by atoms with Crippen molar-refractivity contribution in [1.82, 2.24) is 10.2 Å². The van der Waals surface area contributed by atoms with Gasteiger partial charge in [-0.2, -0.15) is 0 Å². The summed E-state index contributed by atoms with van der Waals surface area (Å²) in [6, 6.07) is 0.889. The molecule has 4 heteroatoms. The topological polar surface area (TPSA) is 52.6 Å². The predicted octanol–water partition coefficient (Wildman–Crippen LogP) is 2.38. The molecule has 2 unspecified atom stereocenters. The van der Waals surface area contributed by atoms with Crippen LogP contribution in [0.1, 0.15) is 65.2 Å². The molecule has 2 saturated carbocycles. The smallest absolute Gasteiger partial charge is 0.323 e. The summed E-state index contributed by atoms with van der Waals surface area (Å²) < 4.78 is 0. The number of aliphatic carboxylic acids is 1. The molecule has 3 rings (SSSR count). The average Bonchev–Trinajstić information content (AvgIpc) is 3.11. The van der Waals surface area contributed by atoms with E-state index in [4.69, 9.17) is 0 Å². The first-order chi connectivity index (χ1) is 9.43. The fraction of sp³-hybridized carbons (Fsp3) is 0.938. The van der Waals surface area contributed by atoms with Crippen molar-refractivity contribution >= 4 is 5.97 Å². The Bertz CT molecular complexity index is 392. The predicted molar refractivity (Wildman–Crippen MR) is 78.8 cm³/mol. The summed E-state index contributed by atoms with van der Waals surface area (Å²) in [7, 11) is 0. The largest absolute Gasteiger partial charge is 0.480 e. The van der Waals surface area contributed by atoms with Gasteiger partial charge in [-0.25, -0.2) is 0 Å². The summed E-state index contributed by atoms with van der Waals surface area (Å²) in [5.74, 6) is -0.633. The molecule has 0 aromatic carbocycles. The third kappa shape index (κ3) is 2.60. The van der Waals surface area contributed by atoms with Crippen molar-refractivity contribution < 1.29 is 9.90 Å². The minimum Gasteiger partial charge on any atom is -0.480 e. The molecule has 114 valence electrons. The number of hydrogen-bond donors (Lipinski definition) is 2. The van der Waals surface area contributed by atoms with Crippen molar-refractivity contribution in [3.8, 4) is 0 Å². The third-order valence-electron chi connectivity index (χ3n) is 5.60. The first kappa shape index (κ1) is 14.3. The molecule has 20 heavy (non-hydrogen) atoms. The highest BCUT2D eigenvalue weighted by atomic mass is 16.4. The molecule has 3 fully saturated rings. The van der Waals surface area contributed by atoms with Crippen LogP contribution < -0.4 is 5.32 Å². The van der Waals surface area contributed by atoms with Crippen LogP contribution in [0.3, 0.4) is 0 Å². The van der Waals surface area contributed by atoms with Crippen molar-refractivity contribution in [2.24, 2.45) is 0 Å². The Morgan fingerprint density at radius 1 is 1.20 bits per heavy atom. The molecule has 1 saturated heterocycles. The lowest BCUT2D eigenvalue weighted by Crippen LogP contribution is -2.60. The summed E-state index contributed by atoms with van der Waals surface area (Å²) in [4.78, 5) is 14.5. The highest BCUT2D eigenvalue weighted by Gasteiger charge is 2.49. The zero-order chi connectivity index (χ0) is 14.4. The zero-order valence-corrected chi connectivity index (χ0v) is 12.8. The second-order valence-electron chi connectivity index (χ2n) is 7.67. The van der Waals surface area contributed by atoms with Crippen molar-refractivity contribution in [3.05, 3.63) is 0 Å². The Hall–Kier alpha value is -0.610. The molecule has 0 aromatic heterocycles. The average molecular weight is 280 g/mol. The Kier molecular flexibility index (Phi) is 3.57. The third-order valence-corrected chi connectivity index (χ3v) is 5.60. The Labute approximate surface area is 121 Å². The maximum Gasteiger partial charge on any atom is 0.323 e. The molecule has 1 aliphatic heterocycles. The van der Waals surface area contributed by atoms with Gasteiger partial charge in [0.1, 0.15) is 5.54 Å². The molecule has 2 aliphatic carbocycles. The normalized spacial score (nSPS) is 38.0. The van der Waals surface area contributed by atoms with E-state index in [0.29, 0.717) is 12.1 Å². The summed E-state index contributed by atoms with van der Waals surface area (Å²) >= 11 is 0. The quantitative estimate of drug-likeness (QED) is 0.830. The van der Waals surface area contributed by atoms with Gasteiger partial charge >= 0.3 is 5.97 Å². The number of nitrogens with one attached hydrogen (secondary N) is 1. The summed E-state index contributed by atoms with van der Waals surface area (Å²) in [5.41, 5.74) is -0.422. The Balaban J connectivity index is 1.75. The highest BCUT2D eigenvalue weighted by Crippen LogP contribution is 2.40. The van der Waals surface area contributed by atoms with Gasteiger partial charge in [-0.15, -0.1) is 0 Å². The molecular weight excluding hydrogens is 252 g/mol. The van der Waals surface area contributed by atoms with Gasteiger partial charge in [0.05, 0.1) is 0 Å². The van der Waals surface area contributed by atoms with Gasteiger partial charge in [0, 0.05) is 17.6 Å². The maximum absolute atomic E-state index is 11.9. The Morgan fingerprint density at radius 3 is 2.50 bits per heavy atom.